The van der Waals surface area contributed by atoms with Crippen molar-refractivity contribution in [2.45, 2.75) is 19.8 Å². The summed E-state index contributed by atoms with van der Waals surface area (Å²) in [6.07, 6.45) is 1.01. The predicted octanol–water partition coefficient (Wildman–Crippen LogP) is 4.48. The van der Waals surface area contributed by atoms with Gasteiger partial charge >= 0.3 is 0 Å². The Morgan fingerprint density at radius 3 is 2.73 bits per heavy atom. The summed E-state index contributed by atoms with van der Waals surface area (Å²) in [5.74, 6) is 1.51. The lowest BCUT2D eigenvalue weighted by Crippen LogP contribution is -2.26. The number of nitrogens with zero attached hydrogens (tertiary/aromatic N) is 2. The fraction of sp³-hybridized carbons (Fsp3) is 0.200. The minimum Gasteiger partial charge on any atom is -0.454 e. The molecule has 0 spiro atoms. The molecule has 1 aliphatic rings. The van der Waals surface area contributed by atoms with Gasteiger partial charge in [0.25, 0.3) is 0 Å². The molecule has 0 saturated heterocycles. The number of aryl methyl sites for hydroxylation is 2. The topological polar surface area (TPSA) is 51.7 Å². The standard InChI is InChI=1S/C20H18N2O3S/c1-14-12-26-20(21-14)22(16-5-3-2-4-6-16)19(23)10-8-15-7-9-17-18(11-15)25-13-24-17/h2-7,9,11-12H,8,10,13H2,1H3. The Morgan fingerprint density at radius 2 is 1.96 bits per heavy atom. The van der Waals surface area contributed by atoms with Crippen LogP contribution in [0.15, 0.2) is 53.9 Å². The van der Waals surface area contributed by atoms with Crippen LogP contribution in [-0.2, 0) is 11.2 Å². The average Bonchev–Trinajstić information content (AvgIpc) is 3.29. The number of thiazole rings is 1. The molecule has 0 aliphatic carbocycles. The molecule has 0 atom stereocenters. The van der Waals surface area contributed by atoms with Crippen LogP contribution in [0.5, 0.6) is 11.5 Å². The van der Waals surface area contributed by atoms with Crippen molar-refractivity contribution < 1.29 is 14.3 Å². The summed E-state index contributed by atoms with van der Waals surface area (Å²) in [4.78, 5) is 19.2. The monoisotopic (exact) mass is 366 g/mol. The molecule has 3 aromatic rings. The van der Waals surface area contributed by atoms with Gasteiger partial charge in [0.2, 0.25) is 12.7 Å². The SMILES string of the molecule is Cc1csc(N(C(=O)CCc2ccc3c(c2)OCO3)c2ccccc2)n1. The van der Waals surface area contributed by atoms with Gasteiger partial charge in [0, 0.05) is 11.8 Å². The molecular formula is C20H18N2O3S. The van der Waals surface area contributed by atoms with Gasteiger partial charge in [-0.2, -0.15) is 0 Å². The molecule has 26 heavy (non-hydrogen) atoms. The van der Waals surface area contributed by atoms with Crippen LogP contribution in [0.25, 0.3) is 0 Å². The van der Waals surface area contributed by atoms with Crippen LogP contribution in [0.1, 0.15) is 17.7 Å². The third kappa shape index (κ3) is 3.41. The number of benzene rings is 2. The number of carbonyl (C=O) groups is 1. The van der Waals surface area contributed by atoms with Crippen LogP contribution in [0.3, 0.4) is 0 Å². The second-order valence-electron chi connectivity index (χ2n) is 6.02. The highest BCUT2D eigenvalue weighted by Crippen LogP contribution is 2.33. The zero-order chi connectivity index (χ0) is 17.9. The molecule has 1 amide bonds. The number of hydrogen-bond donors (Lipinski definition) is 0. The molecule has 1 aromatic heterocycles. The lowest BCUT2D eigenvalue weighted by atomic mass is 10.1. The lowest BCUT2D eigenvalue weighted by molar-refractivity contribution is -0.117. The third-order valence-electron chi connectivity index (χ3n) is 4.13. The van der Waals surface area contributed by atoms with Crippen molar-refractivity contribution in [3.05, 3.63) is 65.2 Å². The van der Waals surface area contributed by atoms with E-state index in [4.69, 9.17) is 9.47 Å². The van der Waals surface area contributed by atoms with Gasteiger partial charge in [-0.15, -0.1) is 11.3 Å². The molecular weight excluding hydrogens is 348 g/mol. The molecule has 1 aliphatic heterocycles. The molecule has 0 N–H and O–H groups in total. The molecule has 4 rings (SSSR count). The predicted molar refractivity (Wildman–Crippen MR) is 101 cm³/mol. The molecule has 0 unspecified atom stereocenters. The van der Waals surface area contributed by atoms with Crippen LogP contribution in [-0.4, -0.2) is 17.7 Å². The van der Waals surface area contributed by atoms with Gasteiger partial charge in [-0.3, -0.25) is 9.69 Å². The van der Waals surface area contributed by atoms with Crippen molar-refractivity contribution in [1.29, 1.82) is 0 Å². The number of para-hydroxylation sites is 1. The van der Waals surface area contributed by atoms with Crippen LogP contribution in [0.4, 0.5) is 10.8 Å². The fourth-order valence-electron chi connectivity index (χ4n) is 2.84. The van der Waals surface area contributed by atoms with Crippen LogP contribution in [0, 0.1) is 6.92 Å². The lowest BCUT2D eigenvalue weighted by Gasteiger charge is -2.20. The summed E-state index contributed by atoms with van der Waals surface area (Å²) in [7, 11) is 0. The van der Waals surface area contributed by atoms with E-state index in [1.54, 1.807) is 4.90 Å². The summed E-state index contributed by atoms with van der Waals surface area (Å²) >= 11 is 1.48. The van der Waals surface area contributed by atoms with Crippen molar-refractivity contribution in [2.24, 2.45) is 0 Å². The van der Waals surface area contributed by atoms with Crippen LogP contribution >= 0.6 is 11.3 Å². The normalized spacial score (nSPS) is 12.2. The van der Waals surface area contributed by atoms with Crippen LogP contribution < -0.4 is 14.4 Å². The molecule has 6 heteroatoms. The average molecular weight is 366 g/mol. The first kappa shape index (κ1) is 16.6. The number of hydrogen-bond acceptors (Lipinski definition) is 5. The van der Waals surface area contributed by atoms with Crippen LogP contribution in [0.2, 0.25) is 0 Å². The zero-order valence-electron chi connectivity index (χ0n) is 14.3. The van der Waals surface area contributed by atoms with Crippen molar-refractivity contribution in [2.75, 3.05) is 11.7 Å². The number of ether oxygens (including phenoxy) is 2. The Labute approximate surface area is 155 Å². The highest BCUT2D eigenvalue weighted by atomic mass is 32.1. The number of rotatable bonds is 5. The first-order valence-electron chi connectivity index (χ1n) is 8.39. The highest BCUT2D eigenvalue weighted by molar-refractivity contribution is 7.14. The first-order chi connectivity index (χ1) is 12.7. The van der Waals surface area contributed by atoms with E-state index in [2.05, 4.69) is 4.98 Å². The quantitative estimate of drug-likeness (QED) is 0.668. The smallest absolute Gasteiger partial charge is 0.233 e. The Kier molecular flexibility index (Phi) is 4.58. The van der Waals surface area contributed by atoms with Gasteiger partial charge in [0.05, 0.1) is 11.4 Å². The van der Waals surface area contributed by atoms with E-state index in [0.29, 0.717) is 18.0 Å². The van der Waals surface area contributed by atoms with Crippen molar-refractivity contribution in [1.82, 2.24) is 4.98 Å². The zero-order valence-corrected chi connectivity index (χ0v) is 15.2. The molecule has 2 aromatic carbocycles. The Hall–Kier alpha value is -2.86. The molecule has 2 heterocycles. The summed E-state index contributed by atoms with van der Waals surface area (Å²) in [6.45, 7) is 2.18. The maximum atomic E-state index is 13.0. The second kappa shape index (κ2) is 7.17. The summed E-state index contributed by atoms with van der Waals surface area (Å²) in [6, 6.07) is 15.4. The van der Waals surface area contributed by atoms with E-state index in [-0.39, 0.29) is 12.7 Å². The number of aromatic nitrogens is 1. The minimum absolute atomic E-state index is 0.0169. The van der Waals surface area contributed by atoms with Gasteiger partial charge in [-0.1, -0.05) is 24.3 Å². The molecule has 0 radical (unpaired) electrons. The number of amides is 1. The van der Waals surface area contributed by atoms with Gasteiger partial charge in [0.15, 0.2) is 16.6 Å². The van der Waals surface area contributed by atoms with E-state index in [1.165, 1.54) is 11.3 Å². The maximum Gasteiger partial charge on any atom is 0.233 e. The van der Waals surface area contributed by atoms with Gasteiger partial charge in [-0.05, 0) is 43.2 Å². The maximum absolute atomic E-state index is 13.0. The number of anilines is 2. The Bertz CT molecular complexity index is 924. The van der Waals surface area contributed by atoms with E-state index >= 15 is 0 Å². The minimum atomic E-state index is 0.0169. The van der Waals surface area contributed by atoms with E-state index in [9.17, 15) is 4.79 Å². The number of carbonyl (C=O) groups excluding carboxylic acids is 1. The van der Waals surface area contributed by atoms with E-state index in [1.807, 2.05) is 60.8 Å². The van der Waals surface area contributed by atoms with Crippen molar-refractivity contribution in [3.8, 4) is 11.5 Å². The molecule has 132 valence electrons. The number of fused-ring (bicyclic) bond motifs is 1. The third-order valence-corrected chi connectivity index (χ3v) is 5.07. The van der Waals surface area contributed by atoms with Gasteiger partial charge < -0.3 is 9.47 Å². The molecule has 0 bridgehead atoms. The fourth-order valence-corrected chi connectivity index (χ4v) is 3.68. The van der Waals surface area contributed by atoms with Gasteiger partial charge in [-0.25, -0.2) is 4.98 Å². The molecule has 0 fully saturated rings. The Balaban J connectivity index is 1.53. The van der Waals surface area contributed by atoms with Crippen molar-refractivity contribution >= 4 is 28.1 Å². The second-order valence-corrected chi connectivity index (χ2v) is 6.86. The molecule has 5 nitrogen and oxygen atoms in total. The highest BCUT2D eigenvalue weighted by Gasteiger charge is 2.21. The van der Waals surface area contributed by atoms with E-state index in [0.717, 1.165) is 28.4 Å². The summed E-state index contributed by atoms with van der Waals surface area (Å²) < 4.78 is 10.7. The van der Waals surface area contributed by atoms with Gasteiger partial charge in [0.1, 0.15) is 0 Å². The summed E-state index contributed by atoms with van der Waals surface area (Å²) in [5.41, 5.74) is 2.79. The molecule has 0 saturated carbocycles. The van der Waals surface area contributed by atoms with Crippen molar-refractivity contribution in [3.63, 3.8) is 0 Å². The first-order valence-corrected chi connectivity index (χ1v) is 9.27. The Morgan fingerprint density at radius 1 is 1.15 bits per heavy atom. The largest absolute Gasteiger partial charge is 0.454 e. The summed E-state index contributed by atoms with van der Waals surface area (Å²) in [5, 5.41) is 2.65. The van der Waals surface area contributed by atoms with E-state index < -0.39 is 0 Å².